The molecule has 0 aromatic rings. The molecule has 0 bridgehead atoms. The zero-order chi connectivity index (χ0) is 11.0. The lowest BCUT2D eigenvalue weighted by atomic mass is 10.2. The van der Waals surface area contributed by atoms with Crippen LogP contribution < -0.4 is 0 Å². The summed E-state index contributed by atoms with van der Waals surface area (Å²) in [5, 5.41) is 0. The Bertz CT molecular complexity index is 207. The van der Waals surface area contributed by atoms with Crippen molar-refractivity contribution in [3.8, 4) is 0 Å². The molecule has 0 heterocycles. The van der Waals surface area contributed by atoms with Crippen LogP contribution in [-0.2, 0) is 0 Å². The van der Waals surface area contributed by atoms with Crippen molar-refractivity contribution >= 4 is 6.72 Å². The van der Waals surface area contributed by atoms with Gasteiger partial charge < -0.3 is 0 Å². The molecule has 0 unspecified atom stereocenters. The van der Waals surface area contributed by atoms with E-state index in [0.717, 1.165) is 0 Å². The Morgan fingerprint density at radius 1 is 1.31 bits per heavy atom. The van der Waals surface area contributed by atoms with E-state index < -0.39 is 17.9 Å². The number of halogens is 3. The molecule has 0 saturated heterocycles. The molecule has 0 N–H and O–H groups in total. The Morgan fingerprint density at radius 2 is 1.69 bits per heavy atom. The third kappa shape index (κ3) is 5.22. The van der Waals surface area contributed by atoms with Crippen LogP contribution in [0, 0.1) is 0 Å². The summed E-state index contributed by atoms with van der Waals surface area (Å²) in [6.45, 7) is 11.2. The van der Waals surface area contributed by atoms with Crippen LogP contribution >= 0.6 is 0 Å². The molecule has 0 atom stereocenters. The van der Waals surface area contributed by atoms with E-state index >= 15 is 0 Å². The molecule has 4 heteroatoms. The molecule has 76 valence electrons. The maximum absolute atomic E-state index is 12.6. The molecule has 13 heavy (non-hydrogen) atoms. The first-order valence-electron chi connectivity index (χ1n) is 3.81. The smallest absolute Gasteiger partial charge is 0.260 e. The highest BCUT2D eigenvalue weighted by atomic mass is 19.3. The Labute approximate surface area is 76.7 Å². The second kappa shape index (κ2) is 7.58. The summed E-state index contributed by atoms with van der Waals surface area (Å²) in [6, 6.07) is 0. The largest absolute Gasteiger partial charge is 0.283 e. The van der Waals surface area contributed by atoms with Crippen molar-refractivity contribution in [1.82, 2.24) is 0 Å². The van der Waals surface area contributed by atoms with Gasteiger partial charge in [-0.15, -0.1) is 0 Å². The van der Waals surface area contributed by atoms with E-state index in [1.54, 1.807) is 0 Å². The molecule has 0 aliphatic heterocycles. The lowest BCUT2D eigenvalue weighted by Gasteiger charge is -2.01. The molecule has 0 saturated carbocycles. The van der Waals surface area contributed by atoms with Gasteiger partial charge in [-0.25, -0.2) is 13.2 Å². The Morgan fingerprint density at radius 3 is 1.77 bits per heavy atom. The summed E-state index contributed by atoms with van der Waals surface area (Å²) in [4.78, 5) is 2.85. The van der Waals surface area contributed by atoms with Crippen molar-refractivity contribution in [2.24, 2.45) is 4.99 Å². The first-order valence-corrected chi connectivity index (χ1v) is 3.81. The Balaban J connectivity index is 0. The first kappa shape index (κ1) is 14.5. The van der Waals surface area contributed by atoms with E-state index in [0.29, 0.717) is 0 Å². The summed E-state index contributed by atoms with van der Waals surface area (Å²) >= 11 is 0. The second-order valence-electron chi connectivity index (χ2n) is 1.94. The Hall–Kier alpha value is -1.06. The monoisotopic (exact) mass is 193 g/mol. The molecule has 0 aromatic heterocycles. The van der Waals surface area contributed by atoms with E-state index in [1.165, 1.54) is 6.92 Å². The van der Waals surface area contributed by atoms with Gasteiger partial charge in [0.1, 0.15) is 5.70 Å². The number of hydrogen-bond donors (Lipinski definition) is 0. The van der Waals surface area contributed by atoms with Crippen LogP contribution in [0.2, 0.25) is 0 Å². The topological polar surface area (TPSA) is 12.4 Å². The maximum Gasteiger partial charge on any atom is 0.283 e. The highest BCUT2D eigenvalue weighted by Crippen LogP contribution is 2.20. The fraction of sp³-hybridized carbons (Fsp3) is 0.444. The molecular formula is C9H14F3N. The van der Waals surface area contributed by atoms with Gasteiger partial charge in [-0.05, 0) is 19.2 Å². The average Bonchev–Trinajstić information content (AvgIpc) is 2.08. The van der Waals surface area contributed by atoms with E-state index in [1.807, 2.05) is 13.8 Å². The minimum atomic E-state index is -2.94. The SMILES string of the molecule is C=N/C(=C(/F)C(=C)C)C(F)F.CC. The van der Waals surface area contributed by atoms with Crippen molar-refractivity contribution in [2.75, 3.05) is 0 Å². The Kier molecular flexibility index (Phi) is 8.44. The van der Waals surface area contributed by atoms with Gasteiger partial charge >= 0.3 is 0 Å². The summed E-state index contributed by atoms with van der Waals surface area (Å²) < 4.78 is 36.3. The van der Waals surface area contributed by atoms with Crippen LogP contribution in [0.15, 0.2) is 28.7 Å². The van der Waals surface area contributed by atoms with Gasteiger partial charge in [0, 0.05) is 0 Å². The van der Waals surface area contributed by atoms with Crippen LogP contribution in [0.4, 0.5) is 13.2 Å². The van der Waals surface area contributed by atoms with Gasteiger partial charge in [0.25, 0.3) is 6.43 Å². The molecule has 0 rings (SSSR count). The predicted octanol–water partition coefficient (Wildman–Crippen LogP) is 3.74. The van der Waals surface area contributed by atoms with Crippen LogP contribution in [0.5, 0.6) is 0 Å². The van der Waals surface area contributed by atoms with Gasteiger partial charge in [-0.1, -0.05) is 20.4 Å². The van der Waals surface area contributed by atoms with Crippen molar-refractivity contribution < 1.29 is 13.2 Å². The molecule has 0 amide bonds. The number of alkyl halides is 2. The van der Waals surface area contributed by atoms with Crippen molar-refractivity contribution in [2.45, 2.75) is 27.2 Å². The van der Waals surface area contributed by atoms with Gasteiger partial charge in [-0.2, -0.15) is 0 Å². The number of rotatable bonds is 3. The molecular weight excluding hydrogens is 179 g/mol. The third-order valence-electron chi connectivity index (χ3n) is 0.977. The van der Waals surface area contributed by atoms with Crippen molar-refractivity contribution in [1.29, 1.82) is 0 Å². The molecule has 0 fully saturated rings. The fourth-order valence-corrected chi connectivity index (χ4v) is 0.453. The number of nitrogens with zero attached hydrogens (tertiary/aromatic N) is 1. The fourth-order valence-electron chi connectivity index (χ4n) is 0.453. The molecule has 0 spiro atoms. The van der Waals surface area contributed by atoms with Crippen LogP contribution in [-0.4, -0.2) is 13.1 Å². The van der Waals surface area contributed by atoms with Gasteiger partial charge in [0.05, 0.1) is 0 Å². The van der Waals surface area contributed by atoms with Crippen LogP contribution in [0.3, 0.4) is 0 Å². The third-order valence-corrected chi connectivity index (χ3v) is 0.977. The normalized spacial score (nSPS) is 11.3. The lowest BCUT2D eigenvalue weighted by Crippen LogP contribution is -1.97. The highest BCUT2D eigenvalue weighted by molar-refractivity contribution is 5.35. The number of aliphatic imine (C=N–C) groups is 1. The van der Waals surface area contributed by atoms with Crippen molar-refractivity contribution in [3.05, 3.63) is 23.7 Å². The minimum absolute atomic E-state index is 0.0762. The highest BCUT2D eigenvalue weighted by Gasteiger charge is 2.15. The molecule has 1 nitrogen and oxygen atoms in total. The summed E-state index contributed by atoms with van der Waals surface area (Å²) in [5.74, 6) is -1.09. The maximum atomic E-state index is 12.6. The second-order valence-corrected chi connectivity index (χ2v) is 1.94. The summed E-state index contributed by atoms with van der Waals surface area (Å²) in [6.07, 6.45) is -2.94. The van der Waals surface area contributed by atoms with E-state index in [-0.39, 0.29) is 5.57 Å². The van der Waals surface area contributed by atoms with Gasteiger partial charge in [0.2, 0.25) is 0 Å². The van der Waals surface area contributed by atoms with E-state index in [4.69, 9.17) is 0 Å². The zero-order valence-electron chi connectivity index (χ0n) is 8.07. The minimum Gasteiger partial charge on any atom is -0.260 e. The number of allylic oxidation sites excluding steroid dienone is 3. The molecule has 0 aliphatic rings. The average molecular weight is 193 g/mol. The number of hydrogen-bond acceptors (Lipinski definition) is 1. The molecule has 0 radical (unpaired) electrons. The van der Waals surface area contributed by atoms with Gasteiger partial charge in [0.15, 0.2) is 5.83 Å². The summed E-state index contributed by atoms with van der Waals surface area (Å²) in [7, 11) is 0. The predicted molar refractivity (Wildman–Crippen MR) is 49.8 cm³/mol. The standard InChI is InChI=1S/C7H8F3N.C2H6/c1-4(2)5(8)6(11-3)7(9)10;1-2/h7H,1,3H2,2H3;1-2H3/b6-5+;. The quantitative estimate of drug-likeness (QED) is 0.478. The van der Waals surface area contributed by atoms with Crippen LogP contribution in [0.1, 0.15) is 20.8 Å². The van der Waals surface area contributed by atoms with E-state index in [9.17, 15) is 13.2 Å². The molecule has 0 aromatic carbocycles. The first-order chi connectivity index (χ1) is 6.00. The summed E-state index contributed by atoms with van der Waals surface area (Å²) in [5.41, 5.74) is -1.02. The van der Waals surface area contributed by atoms with E-state index in [2.05, 4.69) is 18.3 Å². The van der Waals surface area contributed by atoms with Crippen LogP contribution in [0.25, 0.3) is 0 Å². The molecule has 0 aliphatic carbocycles. The van der Waals surface area contributed by atoms with Crippen molar-refractivity contribution in [3.63, 3.8) is 0 Å². The lowest BCUT2D eigenvalue weighted by molar-refractivity contribution is 0.184. The zero-order valence-corrected chi connectivity index (χ0v) is 8.07. The van der Waals surface area contributed by atoms with Gasteiger partial charge in [-0.3, -0.25) is 4.99 Å².